The summed E-state index contributed by atoms with van der Waals surface area (Å²) in [6, 6.07) is 11.9. The average molecular weight is 393 g/mol. The van der Waals surface area contributed by atoms with Crippen molar-refractivity contribution in [1.82, 2.24) is 9.71 Å². The fourth-order valence-corrected chi connectivity index (χ4v) is 4.19. The zero-order chi connectivity index (χ0) is 18.9. The number of ether oxygens (including phenoxy) is 1. The number of fused-ring (bicyclic) bond motifs is 1. The number of H-pyrrole nitrogens is 1. The summed E-state index contributed by atoms with van der Waals surface area (Å²) >= 11 is 5.83. The van der Waals surface area contributed by atoms with Crippen molar-refractivity contribution in [3.8, 4) is 5.75 Å². The van der Waals surface area contributed by atoms with Gasteiger partial charge in [0.25, 0.3) is 0 Å². The zero-order valence-electron chi connectivity index (χ0n) is 14.8. The lowest BCUT2D eigenvalue weighted by Gasteiger charge is -2.25. The van der Waals surface area contributed by atoms with Crippen molar-refractivity contribution in [2.45, 2.75) is 24.2 Å². The van der Waals surface area contributed by atoms with Crippen molar-refractivity contribution >= 4 is 32.5 Å². The highest BCUT2D eigenvalue weighted by Gasteiger charge is 2.27. The minimum Gasteiger partial charge on any atom is -0.497 e. The molecule has 5 nitrogen and oxygen atoms in total. The maximum absolute atomic E-state index is 12.5. The minimum atomic E-state index is -3.61. The van der Waals surface area contributed by atoms with E-state index in [0.717, 1.165) is 22.2 Å². The molecule has 1 heterocycles. The second-order valence-corrected chi connectivity index (χ2v) is 8.98. The van der Waals surface area contributed by atoms with Crippen molar-refractivity contribution in [2.75, 3.05) is 13.7 Å². The minimum absolute atomic E-state index is 0.193. The number of benzene rings is 2. The van der Waals surface area contributed by atoms with Crippen LogP contribution in [0.25, 0.3) is 10.9 Å². The molecule has 1 aromatic heterocycles. The smallest absolute Gasteiger partial charge is 0.240 e. The van der Waals surface area contributed by atoms with Gasteiger partial charge >= 0.3 is 0 Å². The SMILES string of the molecule is COc1ccc2[nH]cc(C(C)(C)CNS(=O)(=O)c3ccc(Cl)cc3)c2c1. The molecule has 0 radical (unpaired) electrons. The van der Waals surface area contributed by atoms with Crippen molar-refractivity contribution in [3.63, 3.8) is 0 Å². The predicted molar refractivity (Wildman–Crippen MR) is 105 cm³/mol. The molecule has 2 aromatic carbocycles. The highest BCUT2D eigenvalue weighted by molar-refractivity contribution is 7.89. The molecule has 0 unspecified atom stereocenters. The topological polar surface area (TPSA) is 71.2 Å². The van der Waals surface area contributed by atoms with E-state index < -0.39 is 15.4 Å². The molecule has 0 aliphatic carbocycles. The number of sulfonamides is 1. The molecule has 0 amide bonds. The predicted octanol–water partition coefficient (Wildman–Crippen LogP) is 4.09. The molecule has 0 atom stereocenters. The molecule has 0 saturated carbocycles. The third-order valence-corrected chi connectivity index (χ3v) is 6.12. The Morgan fingerprint density at radius 2 is 1.85 bits per heavy atom. The van der Waals surface area contributed by atoms with Crippen LogP contribution in [0.5, 0.6) is 5.75 Å². The van der Waals surface area contributed by atoms with Gasteiger partial charge in [-0.1, -0.05) is 25.4 Å². The van der Waals surface area contributed by atoms with E-state index in [9.17, 15) is 8.42 Å². The first-order valence-electron chi connectivity index (χ1n) is 8.14. The molecule has 26 heavy (non-hydrogen) atoms. The van der Waals surface area contributed by atoms with Crippen molar-refractivity contribution in [3.05, 3.63) is 59.2 Å². The van der Waals surface area contributed by atoms with Crippen molar-refractivity contribution < 1.29 is 13.2 Å². The Balaban J connectivity index is 1.86. The van der Waals surface area contributed by atoms with Crippen LogP contribution >= 0.6 is 11.6 Å². The molecule has 138 valence electrons. The molecule has 0 aliphatic heterocycles. The van der Waals surface area contributed by atoms with E-state index in [1.807, 2.05) is 38.2 Å². The molecule has 0 spiro atoms. The van der Waals surface area contributed by atoms with Gasteiger partial charge in [0.15, 0.2) is 0 Å². The van der Waals surface area contributed by atoms with Crippen LogP contribution in [0.2, 0.25) is 5.02 Å². The lowest BCUT2D eigenvalue weighted by Crippen LogP contribution is -2.36. The van der Waals surface area contributed by atoms with Gasteiger partial charge in [-0.15, -0.1) is 0 Å². The lowest BCUT2D eigenvalue weighted by molar-refractivity contribution is 0.415. The van der Waals surface area contributed by atoms with E-state index in [1.165, 1.54) is 12.1 Å². The van der Waals surface area contributed by atoms with Crippen LogP contribution in [0, 0.1) is 0 Å². The molecule has 3 rings (SSSR count). The van der Waals surface area contributed by atoms with Gasteiger partial charge < -0.3 is 9.72 Å². The summed E-state index contributed by atoms with van der Waals surface area (Å²) in [7, 11) is -1.99. The third kappa shape index (κ3) is 3.72. The summed E-state index contributed by atoms with van der Waals surface area (Å²) in [5.74, 6) is 0.760. The van der Waals surface area contributed by atoms with Crippen LogP contribution in [0.1, 0.15) is 19.4 Å². The number of rotatable bonds is 6. The summed E-state index contributed by atoms with van der Waals surface area (Å²) in [5, 5.41) is 1.51. The average Bonchev–Trinajstić information content (AvgIpc) is 3.04. The summed E-state index contributed by atoms with van der Waals surface area (Å²) in [5.41, 5.74) is 1.57. The van der Waals surface area contributed by atoms with Crippen LogP contribution in [0.3, 0.4) is 0 Å². The van der Waals surface area contributed by atoms with Gasteiger partial charge in [-0.25, -0.2) is 13.1 Å². The second-order valence-electron chi connectivity index (χ2n) is 6.78. The molecule has 0 fully saturated rings. The Labute approximate surface area is 158 Å². The van der Waals surface area contributed by atoms with Gasteiger partial charge in [0, 0.05) is 34.1 Å². The van der Waals surface area contributed by atoms with Crippen LogP contribution in [0.15, 0.2) is 53.6 Å². The zero-order valence-corrected chi connectivity index (χ0v) is 16.4. The Hall–Kier alpha value is -2.02. The molecule has 2 N–H and O–H groups in total. The highest BCUT2D eigenvalue weighted by atomic mass is 35.5. The number of nitrogens with one attached hydrogen (secondary N) is 2. The van der Waals surface area contributed by atoms with E-state index in [2.05, 4.69) is 9.71 Å². The quantitative estimate of drug-likeness (QED) is 0.663. The number of aromatic nitrogens is 1. The molecule has 0 aliphatic rings. The van der Waals surface area contributed by atoms with Gasteiger partial charge in [0.1, 0.15) is 5.75 Å². The fraction of sp³-hybridized carbons (Fsp3) is 0.263. The standard InChI is InChI=1S/C19H21ClN2O3S/c1-19(2,12-22-26(23,24)15-7-4-13(20)5-8-15)17-11-21-18-9-6-14(25-3)10-16(17)18/h4-11,21-22H,12H2,1-3H3. The summed E-state index contributed by atoms with van der Waals surface area (Å²) in [6.07, 6.45) is 1.92. The van der Waals surface area contributed by atoms with Gasteiger partial charge in [0.05, 0.1) is 12.0 Å². The van der Waals surface area contributed by atoms with E-state index in [4.69, 9.17) is 16.3 Å². The normalized spacial score (nSPS) is 12.5. The van der Waals surface area contributed by atoms with Gasteiger partial charge in [-0.3, -0.25) is 0 Å². The lowest BCUT2D eigenvalue weighted by atomic mass is 9.84. The van der Waals surface area contributed by atoms with Crippen LogP contribution < -0.4 is 9.46 Å². The summed E-state index contributed by atoms with van der Waals surface area (Å²) < 4.78 is 33.1. The molecule has 0 bridgehead atoms. The van der Waals surface area contributed by atoms with Crippen LogP contribution in [0.4, 0.5) is 0 Å². The van der Waals surface area contributed by atoms with Crippen molar-refractivity contribution in [2.24, 2.45) is 0 Å². The molecule has 7 heteroatoms. The first kappa shape index (κ1) is 18.8. The van der Waals surface area contributed by atoms with Crippen LogP contribution in [-0.4, -0.2) is 27.1 Å². The van der Waals surface area contributed by atoms with E-state index in [1.54, 1.807) is 19.2 Å². The number of methoxy groups -OCH3 is 1. The molecule has 0 saturated heterocycles. The fourth-order valence-electron chi connectivity index (χ4n) is 2.85. The Morgan fingerprint density at radius 1 is 1.15 bits per heavy atom. The van der Waals surface area contributed by atoms with E-state index in [0.29, 0.717) is 5.02 Å². The monoisotopic (exact) mass is 392 g/mol. The van der Waals surface area contributed by atoms with Crippen LogP contribution in [-0.2, 0) is 15.4 Å². The van der Waals surface area contributed by atoms with Gasteiger partial charge in [-0.2, -0.15) is 0 Å². The molecule has 3 aromatic rings. The number of hydrogen-bond donors (Lipinski definition) is 2. The molecular weight excluding hydrogens is 372 g/mol. The molecular formula is C19H21ClN2O3S. The third-order valence-electron chi connectivity index (χ3n) is 4.45. The highest BCUT2D eigenvalue weighted by Crippen LogP contribution is 2.32. The van der Waals surface area contributed by atoms with Gasteiger partial charge in [-0.05, 0) is 48.0 Å². The maximum atomic E-state index is 12.5. The Bertz CT molecular complexity index is 1020. The first-order valence-corrected chi connectivity index (χ1v) is 10.00. The summed E-state index contributed by atoms with van der Waals surface area (Å²) in [6.45, 7) is 4.25. The largest absolute Gasteiger partial charge is 0.497 e. The number of halogens is 1. The second kappa shape index (κ2) is 6.95. The van der Waals surface area contributed by atoms with Gasteiger partial charge in [0.2, 0.25) is 10.0 Å². The van der Waals surface area contributed by atoms with E-state index in [-0.39, 0.29) is 11.4 Å². The number of aromatic amines is 1. The Morgan fingerprint density at radius 3 is 2.50 bits per heavy atom. The maximum Gasteiger partial charge on any atom is 0.240 e. The number of hydrogen-bond acceptors (Lipinski definition) is 3. The summed E-state index contributed by atoms with van der Waals surface area (Å²) in [4.78, 5) is 3.43. The van der Waals surface area contributed by atoms with Crippen molar-refractivity contribution in [1.29, 1.82) is 0 Å². The Kier molecular flexibility index (Phi) is 5.01. The first-order chi connectivity index (χ1) is 12.2. The van der Waals surface area contributed by atoms with E-state index >= 15 is 0 Å².